The minimum absolute atomic E-state index is 0.0167. The molecular formula is C12H7F3O3. The van der Waals surface area contributed by atoms with Gasteiger partial charge in [-0.05, 0) is 17.7 Å². The van der Waals surface area contributed by atoms with Crippen LogP contribution in [0.15, 0.2) is 24.3 Å². The third-order valence-corrected chi connectivity index (χ3v) is 2.43. The van der Waals surface area contributed by atoms with Crippen molar-refractivity contribution in [1.82, 2.24) is 0 Å². The summed E-state index contributed by atoms with van der Waals surface area (Å²) >= 11 is 0. The summed E-state index contributed by atoms with van der Waals surface area (Å²) in [4.78, 5) is 0. The molecule has 6 heteroatoms. The molecule has 94 valence electrons. The Morgan fingerprint density at radius 1 is 0.667 bits per heavy atom. The topological polar surface area (TPSA) is 60.7 Å². The predicted octanol–water partition coefficient (Wildman–Crippen LogP) is 2.89. The Labute approximate surface area is 99.4 Å². The van der Waals surface area contributed by atoms with Crippen molar-refractivity contribution in [3.63, 3.8) is 0 Å². The lowest BCUT2D eigenvalue weighted by molar-refractivity contribution is 0.353. The summed E-state index contributed by atoms with van der Waals surface area (Å²) in [5, 5.41) is 27.5. The van der Waals surface area contributed by atoms with E-state index in [1.807, 2.05) is 0 Å². The molecule has 0 spiro atoms. The van der Waals surface area contributed by atoms with Gasteiger partial charge in [0.1, 0.15) is 5.75 Å². The van der Waals surface area contributed by atoms with Crippen LogP contribution in [0, 0.1) is 17.5 Å². The highest BCUT2D eigenvalue weighted by atomic mass is 19.2. The van der Waals surface area contributed by atoms with Crippen LogP contribution in [0.4, 0.5) is 13.2 Å². The van der Waals surface area contributed by atoms with Gasteiger partial charge in [-0.3, -0.25) is 0 Å². The van der Waals surface area contributed by atoms with Crippen LogP contribution in [0.5, 0.6) is 17.2 Å². The van der Waals surface area contributed by atoms with Crippen LogP contribution in [0.2, 0.25) is 0 Å². The van der Waals surface area contributed by atoms with Crippen LogP contribution >= 0.6 is 0 Å². The van der Waals surface area contributed by atoms with Crippen LogP contribution in [0.3, 0.4) is 0 Å². The summed E-state index contributed by atoms with van der Waals surface area (Å²) in [6.45, 7) is 0. The monoisotopic (exact) mass is 256 g/mol. The summed E-state index contributed by atoms with van der Waals surface area (Å²) in [5.74, 6) is -7.94. The fraction of sp³-hybridized carbons (Fsp3) is 0. The number of hydrogen-bond donors (Lipinski definition) is 3. The quantitative estimate of drug-likeness (QED) is 0.543. The van der Waals surface area contributed by atoms with E-state index in [1.54, 1.807) is 0 Å². The summed E-state index contributed by atoms with van der Waals surface area (Å²) in [7, 11) is 0. The minimum atomic E-state index is -1.85. The van der Waals surface area contributed by atoms with Gasteiger partial charge in [0.05, 0.1) is 5.56 Å². The molecule has 0 aliphatic heterocycles. The third kappa shape index (κ3) is 1.71. The Bertz CT molecular complexity index is 580. The second kappa shape index (κ2) is 4.14. The first-order chi connectivity index (χ1) is 8.43. The van der Waals surface area contributed by atoms with Crippen molar-refractivity contribution in [3.8, 4) is 28.4 Å². The molecule has 0 aromatic heterocycles. The Kier molecular flexibility index (Phi) is 2.78. The molecule has 0 amide bonds. The summed E-state index contributed by atoms with van der Waals surface area (Å²) < 4.78 is 39.8. The molecule has 0 saturated carbocycles. The highest BCUT2D eigenvalue weighted by molar-refractivity contribution is 5.73. The average molecular weight is 256 g/mol. The molecule has 0 unspecified atom stereocenters. The van der Waals surface area contributed by atoms with Crippen molar-refractivity contribution < 1.29 is 28.5 Å². The van der Waals surface area contributed by atoms with Crippen LogP contribution in [-0.4, -0.2) is 15.3 Å². The van der Waals surface area contributed by atoms with Crippen molar-refractivity contribution in [2.45, 2.75) is 0 Å². The number of benzene rings is 2. The zero-order chi connectivity index (χ0) is 13.4. The molecule has 3 N–H and O–H groups in total. The lowest BCUT2D eigenvalue weighted by Crippen LogP contribution is -1.95. The Morgan fingerprint density at radius 3 is 1.72 bits per heavy atom. The van der Waals surface area contributed by atoms with Gasteiger partial charge in [-0.2, -0.15) is 8.78 Å². The normalized spacial score (nSPS) is 10.6. The summed E-state index contributed by atoms with van der Waals surface area (Å²) in [6.07, 6.45) is 0. The van der Waals surface area contributed by atoms with Crippen molar-refractivity contribution in [2.75, 3.05) is 0 Å². The first-order valence-electron chi connectivity index (χ1n) is 4.81. The van der Waals surface area contributed by atoms with Crippen LogP contribution in [-0.2, 0) is 0 Å². The van der Waals surface area contributed by atoms with Gasteiger partial charge < -0.3 is 15.3 Å². The molecule has 0 radical (unpaired) electrons. The van der Waals surface area contributed by atoms with Crippen molar-refractivity contribution in [3.05, 3.63) is 41.7 Å². The van der Waals surface area contributed by atoms with E-state index in [2.05, 4.69) is 0 Å². The van der Waals surface area contributed by atoms with E-state index in [1.165, 1.54) is 24.3 Å². The van der Waals surface area contributed by atoms with Crippen molar-refractivity contribution >= 4 is 0 Å². The summed E-state index contributed by atoms with van der Waals surface area (Å²) in [6, 6.07) is 4.72. The van der Waals surface area contributed by atoms with Gasteiger partial charge in [0.2, 0.25) is 11.6 Å². The minimum Gasteiger partial charge on any atom is -0.508 e. The zero-order valence-corrected chi connectivity index (χ0v) is 8.78. The number of phenols is 3. The zero-order valence-electron chi connectivity index (χ0n) is 8.78. The van der Waals surface area contributed by atoms with Gasteiger partial charge in [0.25, 0.3) is 0 Å². The van der Waals surface area contributed by atoms with E-state index in [0.717, 1.165) is 0 Å². The Morgan fingerprint density at radius 2 is 1.17 bits per heavy atom. The van der Waals surface area contributed by atoms with Gasteiger partial charge in [-0.25, -0.2) is 4.39 Å². The van der Waals surface area contributed by atoms with E-state index in [4.69, 9.17) is 10.2 Å². The molecule has 0 atom stereocenters. The molecule has 0 fully saturated rings. The van der Waals surface area contributed by atoms with Crippen molar-refractivity contribution in [2.24, 2.45) is 0 Å². The van der Waals surface area contributed by atoms with Gasteiger partial charge in [0, 0.05) is 0 Å². The molecule has 18 heavy (non-hydrogen) atoms. The maximum atomic E-state index is 13.6. The van der Waals surface area contributed by atoms with Crippen LogP contribution < -0.4 is 0 Å². The average Bonchev–Trinajstić information content (AvgIpc) is 2.36. The highest BCUT2D eigenvalue weighted by Crippen LogP contribution is 2.40. The highest BCUT2D eigenvalue weighted by Gasteiger charge is 2.25. The van der Waals surface area contributed by atoms with E-state index in [-0.39, 0.29) is 11.3 Å². The van der Waals surface area contributed by atoms with Gasteiger partial charge >= 0.3 is 0 Å². The molecular weight excluding hydrogens is 249 g/mol. The standard InChI is InChI=1S/C12H7F3O3/c13-8-7(5-1-3-6(16)4-2-5)11(17)9(14)10(15)12(8)18/h1-4,16-18H. The van der Waals surface area contributed by atoms with Crippen LogP contribution in [0.25, 0.3) is 11.1 Å². The molecule has 2 rings (SSSR count). The summed E-state index contributed by atoms with van der Waals surface area (Å²) in [5.41, 5.74) is -0.691. The Hall–Kier alpha value is -2.37. The number of halogens is 3. The smallest absolute Gasteiger partial charge is 0.207 e. The van der Waals surface area contributed by atoms with Gasteiger partial charge in [-0.15, -0.1) is 0 Å². The molecule has 2 aromatic carbocycles. The van der Waals surface area contributed by atoms with Crippen molar-refractivity contribution in [1.29, 1.82) is 0 Å². The number of rotatable bonds is 1. The lowest BCUT2D eigenvalue weighted by Gasteiger charge is -2.10. The van der Waals surface area contributed by atoms with E-state index in [0.29, 0.717) is 0 Å². The molecule has 2 aromatic rings. The van der Waals surface area contributed by atoms with E-state index >= 15 is 0 Å². The van der Waals surface area contributed by atoms with Crippen LogP contribution in [0.1, 0.15) is 0 Å². The maximum Gasteiger partial charge on any atom is 0.207 e. The van der Waals surface area contributed by atoms with Gasteiger partial charge in [0.15, 0.2) is 17.3 Å². The molecule has 0 heterocycles. The molecule has 0 bridgehead atoms. The SMILES string of the molecule is Oc1ccc(-c2c(O)c(F)c(F)c(O)c2F)cc1. The van der Waals surface area contributed by atoms with E-state index in [9.17, 15) is 18.3 Å². The lowest BCUT2D eigenvalue weighted by atomic mass is 10.0. The first kappa shape index (κ1) is 12.1. The first-order valence-corrected chi connectivity index (χ1v) is 4.81. The fourth-order valence-corrected chi connectivity index (χ4v) is 1.53. The van der Waals surface area contributed by atoms with Gasteiger partial charge in [-0.1, -0.05) is 12.1 Å². The fourth-order valence-electron chi connectivity index (χ4n) is 1.53. The number of aromatic hydroxyl groups is 3. The Balaban J connectivity index is 2.75. The largest absolute Gasteiger partial charge is 0.508 e. The number of phenolic OH excluding ortho intramolecular Hbond substituents is 3. The third-order valence-electron chi connectivity index (χ3n) is 2.43. The second-order valence-electron chi connectivity index (χ2n) is 3.56. The maximum absolute atomic E-state index is 13.6. The molecule has 3 nitrogen and oxygen atoms in total. The predicted molar refractivity (Wildman–Crippen MR) is 56.7 cm³/mol. The molecule has 0 aliphatic carbocycles. The number of hydrogen-bond acceptors (Lipinski definition) is 3. The van der Waals surface area contributed by atoms with E-state index < -0.39 is 34.5 Å². The molecule has 0 saturated heterocycles. The second-order valence-corrected chi connectivity index (χ2v) is 3.56. The molecule has 0 aliphatic rings.